The molecule has 1 atom stereocenters. The lowest BCUT2D eigenvalue weighted by Crippen LogP contribution is -2.28. The van der Waals surface area contributed by atoms with Crippen molar-refractivity contribution >= 4 is 5.69 Å². The van der Waals surface area contributed by atoms with E-state index >= 15 is 0 Å². The Labute approximate surface area is 94.3 Å². The summed E-state index contributed by atoms with van der Waals surface area (Å²) in [5.41, 5.74) is 1.77. The molecule has 0 bridgehead atoms. The summed E-state index contributed by atoms with van der Waals surface area (Å²) >= 11 is 0. The number of hydrogen-bond donors (Lipinski definition) is 2. The molecule has 5 heteroatoms. The summed E-state index contributed by atoms with van der Waals surface area (Å²) in [5.74, 6) is 0. The van der Waals surface area contributed by atoms with Crippen LogP contribution in [0.5, 0.6) is 0 Å². The molecule has 0 amide bonds. The van der Waals surface area contributed by atoms with Crippen molar-refractivity contribution in [2.24, 2.45) is 0 Å². The Morgan fingerprint density at radius 1 is 1.56 bits per heavy atom. The summed E-state index contributed by atoms with van der Waals surface area (Å²) in [6.07, 6.45) is 0. The molecule has 1 rings (SSSR count). The Hall–Kier alpha value is -1.46. The van der Waals surface area contributed by atoms with Gasteiger partial charge in [-0.1, -0.05) is 6.07 Å². The number of aryl methyl sites for hydroxylation is 1. The summed E-state index contributed by atoms with van der Waals surface area (Å²) < 4.78 is 0. The number of nitro groups is 1. The summed E-state index contributed by atoms with van der Waals surface area (Å²) in [6.45, 7) is 4.27. The topological polar surface area (TPSA) is 75.4 Å². The minimum absolute atomic E-state index is 0.0236. The van der Waals surface area contributed by atoms with Crippen LogP contribution in [0.2, 0.25) is 0 Å². The molecule has 0 aromatic heterocycles. The van der Waals surface area contributed by atoms with Gasteiger partial charge in [-0.15, -0.1) is 0 Å². The predicted octanol–water partition coefficient (Wildman–Crippen LogP) is 1.37. The average molecular weight is 224 g/mol. The third kappa shape index (κ3) is 3.29. The number of benzene rings is 1. The number of aliphatic hydroxyl groups excluding tert-OH is 1. The monoisotopic (exact) mass is 224 g/mol. The first kappa shape index (κ1) is 12.6. The number of nitrogens with zero attached hydrogens (tertiary/aromatic N) is 1. The number of nitro benzene ring substituents is 1. The van der Waals surface area contributed by atoms with E-state index in [1.807, 2.05) is 6.92 Å². The van der Waals surface area contributed by atoms with Crippen LogP contribution in [-0.4, -0.2) is 22.7 Å². The van der Waals surface area contributed by atoms with Gasteiger partial charge in [-0.3, -0.25) is 10.1 Å². The highest BCUT2D eigenvalue weighted by molar-refractivity contribution is 5.41. The zero-order valence-electron chi connectivity index (χ0n) is 9.43. The molecule has 88 valence electrons. The van der Waals surface area contributed by atoms with Gasteiger partial charge in [0.2, 0.25) is 0 Å². The van der Waals surface area contributed by atoms with E-state index in [2.05, 4.69) is 5.32 Å². The van der Waals surface area contributed by atoms with Gasteiger partial charge in [0.05, 0.1) is 11.5 Å². The Morgan fingerprint density at radius 2 is 2.25 bits per heavy atom. The number of rotatable bonds is 5. The van der Waals surface area contributed by atoms with E-state index in [1.165, 1.54) is 6.07 Å². The molecule has 0 spiro atoms. The summed E-state index contributed by atoms with van der Waals surface area (Å²) in [4.78, 5) is 10.2. The summed E-state index contributed by atoms with van der Waals surface area (Å²) in [6, 6.07) is 5.04. The van der Waals surface area contributed by atoms with Crippen LogP contribution in [0.3, 0.4) is 0 Å². The van der Waals surface area contributed by atoms with Gasteiger partial charge in [0.1, 0.15) is 0 Å². The molecule has 0 heterocycles. The maximum atomic E-state index is 10.6. The van der Waals surface area contributed by atoms with Gasteiger partial charge in [-0.05, 0) is 25.5 Å². The smallest absolute Gasteiger partial charge is 0.272 e. The van der Waals surface area contributed by atoms with Crippen molar-refractivity contribution in [3.05, 3.63) is 39.4 Å². The van der Waals surface area contributed by atoms with Gasteiger partial charge >= 0.3 is 0 Å². The number of hydrogen-bond acceptors (Lipinski definition) is 4. The maximum Gasteiger partial charge on any atom is 0.272 e. The molecular formula is C11H16N2O3. The van der Waals surface area contributed by atoms with Gasteiger partial charge in [0.25, 0.3) is 5.69 Å². The molecule has 0 fully saturated rings. The fourth-order valence-electron chi connectivity index (χ4n) is 1.39. The lowest BCUT2D eigenvalue weighted by atomic mass is 10.1. The van der Waals surface area contributed by atoms with Crippen LogP contribution in [0.1, 0.15) is 18.1 Å². The first-order valence-corrected chi connectivity index (χ1v) is 5.12. The molecule has 0 radical (unpaired) electrons. The Morgan fingerprint density at radius 3 is 2.75 bits per heavy atom. The van der Waals surface area contributed by atoms with Gasteiger partial charge in [0, 0.05) is 24.2 Å². The van der Waals surface area contributed by atoms with E-state index in [9.17, 15) is 10.1 Å². The van der Waals surface area contributed by atoms with Gasteiger partial charge in [-0.2, -0.15) is 0 Å². The minimum atomic E-state index is -0.386. The summed E-state index contributed by atoms with van der Waals surface area (Å²) in [7, 11) is 0. The lowest BCUT2D eigenvalue weighted by molar-refractivity contribution is -0.385. The first-order chi connectivity index (χ1) is 7.54. The summed E-state index contributed by atoms with van der Waals surface area (Å²) in [5, 5.41) is 22.5. The van der Waals surface area contributed by atoms with Gasteiger partial charge < -0.3 is 10.4 Å². The molecule has 0 aliphatic rings. The predicted molar refractivity (Wildman–Crippen MR) is 61.2 cm³/mol. The normalized spacial score (nSPS) is 12.4. The third-order valence-electron chi connectivity index (χ3n) is 2.39. The molecule has 16 heavy (non-hydrogen) atoms. The molecule has 0 aliphatic heterocycles. The van der Waals surface area contributed by atoms with Crippen LogP contribution in [0.15, 0.2) is 18.2 Å². The Balaban J connectivity index is 2.70. The van der Waals surface area contributed by atoms with Crippen molar-refractivity contribution in [3.8, 4) is 0 Å². The highest BCUT2D eigenvalue weighted by Gasteiger charge is 2.10. The van der Waals surface area contributed by atoms with E-state index in [1.54, 1.807) is 19.1 Å². The number of aliphatic hydroxyl groups is 1. The zero-order valence-corrected chi connectivity index (χ0v) is 9.43. The van der Waals surface area contributed by atoms with Crippen LogP contribution in [0, 0.1) is 17.0 Å². The second kappa shape index (κ2) is 5.58. The second-order valence-corrected chi connectivity index (χ2v) is 3.84. The van der Waals surface area contributed by atoms with Crippen LogP contribution in [-0.2, 0) is 6.54 Å². The molecule has 2 N–H and O–H groups in total. The van der Waals surface area contributed by atoms with E-state index < -0.39 is 0 Å². The standard InChI is InChI=1S/C11H16N2O3/c1-8-5-10(6-12-9(2)7-14)3-4-11(8)13(15)16/h3-5,9,12,14H,6-7H2,1-2H3/t9-/m1/s1. The SMILES string of the molecule is Cc1cc(CN[C@H](C)CO)ccc1[N+](=O)[O-]. The van der Waals surface area contributed by atoms with Gasteiger partial charge in [0.15, 0.2) is 0 Å². The third-order valence-corrected chi connectivity index (χ3v) is 2.39. The van der Waals surface area contributed by atoms with Crippen molar-refractivity contribution in [2.45, 2.75) is 26.4 Å². The quantitative estimate of drug-likeness (QED) is 0.585. The first-order valence-electron chi connectivity index (χ1n) is 5.12. The van der Waals surface area contributed by atoms with E-state index in [4.69, 9.17) is 5.11 Å². The zero-order chi connectivity index (χ0) is 12.1. The van der Waals surface area contributed by atoms with Crippen LogP contribution in [0.4, 0.5) is 5.69 Å². The van der Waals surface area contributed by atoms with E-state index in [0.29, 0.717) is 12.1 Å². The van der Waals surface area contributed by atoms with Crippen molar-refractivity contribution in [1.82, 2.24) is 5.32 Å². The van der Waals surface area contributed by atoms with Crippen molar-refractivity contribution < 1.29 is 10.0 Å². The molecule has 0 unspecified atom stereocenters. The largest absolute Gasteiger partial charge is 0.395 e. The van der Waals surface area contributed by atoms with Crippen molar-refractivity contribution in [2.75, 3.05) is 6.61 Å². The van der Waals surface area contributed by atoms with Crippen molar-refractivity contribution in [1.29, 1.82) is 0 Å². The molecular weight excluding hydrogens is 208 g/mol. The Kier molecular flexibility index (Phi) is 4.39. The van der Waals surface area contributed by atoms with E-state index in [0.717, 1.165) is 5.56 Å². The van der Waals surface area contributed by atoms with Gasteiger partial charge in [-0.25, -0.2) is 0 Å². The minimum Gasteiger partial charge on any atom is -0.395 e. The maximum absolute atomic E-state index is 10.6. The van der Waals surface area contributed by atoms with Crippen LogP contribution in [0.25, 0.3) is 0 Å². The molecule has 0 saturated carbocycles. The van der Waals surface area contributed by atoms with Crippen molar-refractivity contribution in [3.63, 3.8) is 0 Å². The fraction of sp³-hybridized carbons (Fsp3) is 0.455. The lowest BCUT2D eigenvalue weighted by Gasteiger charge is -2.10. The fourth-order valence-corrected chi connectivity index (χ4v) is 1.39. The van der Waals surface area contributed by atoms with Crippen LogP contribution >= 0.6 is 0 Å². The molecule has 5 nitrogen and oxygen atoms in total. The Bertz CT molecular complexity index is 379. The average Bonchev–Trinajstić information content (AvgIpc) is 2.25. The highest BCUT2D eigenvalue weighted by atomic mass is 16.6. The van der Waals surface area contributed by atoms with Crippen LogP contribution < -0.4 is 5.32 Å². The van der Waals surface area contributed by atoms with E-state index in [-0.39, 0.29) is 23.3 Å². The molecule has 0 aliphatic carbocycles. The highest BCUT2D eigenvalue weighted by Crippen LogP contribution is 2.18. The second-order valence-electron chi connectivity index (χ2n) is 3.84. The molecule has 0 saturated heterocycles. The number of nitrogens with one attached hydrogen (secondary N) is 1. The molecule has 1 aromatic carbocycles. The molecule has 1 aromatic rings.